The summed E-state index contributed by atoms with van der Waals surface area (Å²) in [4.78, 5) is 4.37. The lowest BCUT2D eigenvalue weighted by Gasteiger charge is -2.17. The Hall–Kier alpha value is -2.56. The van der Waals surface area contributed by atoms with Crippen LogP contribution in [0.5, 0.6) is 5.75 Å². The summed E-state index contributed by atoms with van der Waals surface area (Å²) in [6.45, 7) is 10.6. The van der Waals surface area contributed by atoms with E-state index in [1.165, 1.54) is 0 Å². The molecule has 0 saturated carbocycles. The van der Waals surface area contributed by atoms with Crippen LogP contribution in [-0.4, -0.2) is 23.8 Å². The van der Waals surface area contributed by atoms with E-state index in [0.717, 1.165) is 28.4 Å². The SMILES string of the molecule is CC.COc1ccc(CNc2ccnc(NC(C)C)c2C(C)=N)cc1. The van der Waals surface area contributed by atoms with Crippen LogP contribution in [0.3, 0.4) is 0 Å². The molecule has 1 aromatic heterocycles. The normalized spacial score (nSPS) is 9.88. The second kappa shape index (κ2) is 10.3. The minimum Gasteiger partial charge on any atom is -0.497 e. The number of aromatic nitrogens is 1. The fourth-order valence-electron chi connectivity index (χ4n) is 2.31. The highest BCUT2D eigenvalue weighted by Crippen LogP contribution is 2.24. The van der Waals surface area contributed by atoms with Crippen molar-refractivity contribution >= 4 is 17.2 Å². The zero-order chi connectivity index (χ0) is 18.8. The van der Waals surface area contributed by atoms with Crippen molar-refractivity contribution < 1.29 is 4.74 Å². The molecule has 0 unspecified atom stereocenters. The van der Waals surface area contributed by atoms with Crippen molar-refractivity contribution in [3.63, 3.8) is 0 Å². The number of anilines is 2. The molecule has 1 heterocycles. The van der Waals surface area contributed by atoms with Gasteiger partial charge in [-0.25, -0.2) is 4.98 Å². The Morgan fingerprint density at radius 1 is 1.16 bits per heavy atom. The summed E-state index contributed by atoms with van der Waals surface area (Å²) in [5.74, 6) is 1.59. The highest BCUT2D eigenvalue weighted by molar-refractivity contribution is 6.05. The minimum atomic E-state index is 0.262. The van der Waals surface area contributed by atoms with Gasteiger partial charge in [0, 0.05) is 30.2 Å². The summed E-state index contributed by atoms with van der Waals surface area (Å²) < 4.78 is 5.17. The van der Waals surface area contributed by atoms with Crippen molar-refractivity contribution in [2.24, 2.45) is 0 Å². The summed E-state index contributed by atoms with van der Waals surface area (Å²) in [5, 5.41) is 14.8. The number of ether oxygens (including phenoxy) is 1. The summed E-state index contributed by atoms with van der Waals surface area (Å²) in [5.41, 5.74) is 3.36. The zero-order valence-corrected chi connectivity index (χ0v) is 16.1. The Balaban J connectivity index is 0.00000151. The average Bonchev–Trinajstić information content (AvgIpc) is 2.61. The van der Waals surface area contributed by atoms with E-state index in [9.17, 15) is 0 Å². The highest BCUT2D eigenvalue weighted by Gasteiger charge is 2.12. The molecule has 1 aromatic carbocycles. The number of benzene rings is 1. The fraction of sp³-hybridized carbons (Fsp3) is 0.400. The molecule has 0 saturated heterocycles. The summed E-state index contributed by atoms with van der Waals surface area (Å²) in [6, 6.07) is 10.1. The first kappa shape index (κ1) is 20.5. The third-order valence-corrected chi connectivity index (χ3v) is 3.39. The third kappa shape index (κ3) is 6.10. The van der Waals surface area contributed by atoms with Crippen molar-refractivity contribution in [3.8, 4) is 5.75 Å². The maximum atomic E-state index is 8.06. The third-order valence-electron chi connectivity index (χ3n) is 3.39. The van der Waals surface area contributed by atoms with Crippen LogP contribution in [0.4, 0.5) is 11.5 Å². The lowest BCUT2D eigenvalue weighted by atomic mass is 10.1. The minimum absolute atomic E-state index is 0.262. The first-order chi connectivity index (χ1) is 12.0. The lowest BCUT2D eigenvalue weighted by molar-refractivity contribution is 0.414. The molecule has 0 amide bonds. The summed E-state index contributed by atoms with van der Waals surface area (Å²) >= 11 is 0. The molecule has 0 atom stereocenters. The number of methoxy groups -OCH3 is 1. The first-order valence-electron chi connectivity index (χ1n) is 8.69. The highest BCUT2D eigenvalue weighted by atomic mass is 16.5. The van der Waals surface area contributed by atoms with Crippen LogP contribution in [-0.2, 0) is 6.54 Å². The van der Waals surface area contributed by atoms with Gasteiger partial charge >= 0.3 is 0 Å². The van der Waals surface area contributed by atoms with Gasteiger partial charge in [0.05, 0.1) is 12.7 Å². The fourth-order valence-corrected chi connectivity index (χ4v) is 2.31. The molecule has 2 rings (SSSR count). The average molecular weight is 342 g/mol. The molecule has 0 spiro atoms. The lowest BCUT2D eigenvalue weighted by Crippen LogP contribution is -2.16. The second-order valence-corrected chi connectivity index (χ2v) is 5.71. The monoisotopic (exact) mass is 342 g/mol. The van der Waals surface area contributed by atoms with Gasteiger partial charge in [-0.1, -0.05) is 26.0 Å². The topological polar surface area (TPSA) is 70.0 Å². The van der Waals surface area contributed by atoms with Gasteiger partial charge in [0.2, 0.25) is 0 Å². The van der Waals surface area contributed by atoms with Gasteiger partial charge in [-0.05, 0) is 44.5 Å². The van der Waals surface area contributed by atoms with Crippen molar-refractivity contribution in [3.05, 3.63) is 47.7 Å². The second-order valence-electron chi connectivity index (χ2n) is 5.71. The Morgan fingerprint density at radius 3 is 2.32 bits per heavy atom. The van der Waals surface area contributed by atoms with Crippen molar-refractivity contribution in [1.29, 1.82) is 5.41 Å². The van der Waals surface area contributed by atoms with Crippen LogP contribution in [0.25, 0.3) is 0 Å². The number of hydrogen-bond donors (Lipinski definition) is 3. The molecule has 0 fully saturated rings. The van der Waals surface area contributed by atoms with Gasteiger partial charge in [0.1, 0.15) is 11.6 Å². The molecular formula is C20H30N4O. The van der Waals surface area contributed by atoms with Gasteiger partial charge in [-0.2, -0.15) is 0 Å². The van der Waals surface area contributed by atoms with Crippen molar-refractivity contribution in [1.82, 2.24) is 4.98 Å². The van der Waals surface area contributed by atoms with Gasteiger partial charge < -0.3 is 20.8 Å². The predicted octanol–water partition coefficient (Wildman–Crippen LogP) is 4.94. The van der Waals surface area contributed by atoms with E-state index in [1.54, 1.807) is 20.2 Å². The zero-order valence-electron chi connectivity index (χ0n) is 16.1. The van der Waals surface area contributed by atoms with Crippen LogP contribution < -0.4 is 15.4 Å². The molecule has 0 bridgehead atoms. The van der Waals surface area contributed by atoms with Gasteiger partial charge in [-0.3, -0.25) is 0 Å². The Labute approximate surface area is 151 Å². The molecule has 0 aliphatic rings. The summed E-state index contributed by atoms with van der Waals surface area (Å²) in [7, 11) is 1.66. The Kier molecular flexibility index (Phi) is 8.47. The van der Waals surface area contributed by atoms with Gasteiger partial charge in [-0.15, -0.1) is 0 Å². The number of nitrogens with one attached hydrogen (secondary N) is 3. The van der Waals surface area contributed by atoms with Crippen LogP contribution in [0.2, 0.25) is 0 Å². The van der Waals surface area contributed by atoms with E-state index in [4.69, 9.17) is 10.1 Å². The van der Waals surface area contributed by atoms with Crippen molar-refractivity contribution in [2.75, 3.05) is 17.7 Å². The van der Waals surface area contributed by atoms with Gasteiger partial charge in [0.15, 0.2) is 0 Å². The van der Waals surface area contributed by atoms with E-state index >= 15 is 0 Å². The van der Waals surface area contributed by atoms with E-state index in [2.05, 4.69) is 29.5 Å². The Morgan fingerprint density at radius 2 is 1.80 bits per heavy atom. The van der Waals surface area contributed by atoms with E-state index < -0.39 is 0 Å². The number of nitrogens with zero attached hydrogens (tertiary/aromatic N) is 1. The molecule has 5 heteroatoms. The maximum absolute atomic E-state index is 8.06. The smallest absolute Gasteiger partial charge is 0.137 e. The van der Waals surface area contributed by atoms with Crippen LogP contribution in [0.15, 0.2) is 36.5 Å². The van der Waals surface area contributed by atoms with Crippen molar-refractivity contribution in [2.45, 2.75) is 47.2 Å². The van der Waals surface area contributed by atoms with E-state index in [-0.39, 0.29) is 6.04 Å². The molecule has 0 aliphatic heterocycles. The standard InChI is InChI=1S/C18H24N4O.C2H6/c1-12(2)22-18-17(13(3)19)16(9-10-20-18)21-11-14-5-7-15(23-4)8-6-14;1-2/h5-10,12,19H,11H2,1-4H3,(H2,20,21,22);1-2H3. The maximum Gasteiger partial charge on any atom is 0.137 e. The molecule has 5 nitrogen and oxygen atoms in total. The Bertz CT molecular complexity index is 666. The number of hydrogen-bond acceptors (Lipinski definition) is 5. The molecule has 0 radical (unpaired) electrons. The molecule has 0 aliphatic carbocycles. The molecule has 25 heavy (non-hydrogen) atoms. The molecule has 136 valence electrons. The van der Waals surface area contributed by atoms with Crippen LogP contribution >= 0.6 is 0 Å². The van der Waals surface area contributed by atoms with Crippen LogP contribution in [0.1, 0.15) is 45.7 Å². The quantitative estimate of drug-likeness (QED) is 0.624. The van der Waals surface area contributed by atoms with E-state index in [1.807, 2.05) is 44.2 Å². The molecule has 2 aromatic rings. The molecule has 3 N–H and O–H groups in total. The number of rotatable bonds is 7. The van der Waals surface area contributed by atoms with Crippen LogP contribution in [0, 0.1) is 5.41 Å². The van der Waals surface area contributed by atoms with E-state index in [0.29, 0.717) is 12.3 Å². The predicted molar refractivity (Wildman–Crippen MR) is 107 cm³/mol. The summed E-state index contributed by atoms with van der Waals surface area (Å²) in [6.07, 6.45) is 1.76. The first-order valence-corrected chi connectivity index (χ1v) is 8.69. The number of pyridine rings is 1. The molecular weight excluding hydrogens is 312 g/mol. The largest absolute Gasteiger partial charge is 0.497 e. The van der Waals surface area contributed by atoms with Gasteiger partial charge in [0.25, 0.3) is 0 Å².